The fourth-order valence-corrected chi connectivity index (χ4v) is 3.60. The highest BCUT2D eigenvalue weighted by atomic mass is 16.5. The third kappa shape index (κ3) is 3.24. The van der Waals surface area contributed by atoms with Crippen molar-refractivity contribution in [1.82, 2.24) is 19.0 Å². The third-order valence-electron chi connectivity index (χ3n) is 5.24. The second-order valence-corrected chi connectivity index (χ2v) is 6.97. The van der Waals surface area contributed by atoms with Crippen LogP contribution >= 0.6 is 0 Å². The van der Waals surface area contributed by atoms with Gasteiger partial charge in [0.15, 0.2) is 0 Å². The van der Waals surface area contributed by atoms with Crippen LogP contribution in [0.2, 0.25) is 0 Å². The van der Waals surface area contributed by atoms with Crippen molar-refractivity contribution in [2.24, 2.45) is 14.1 Å². The molecule has 1 aliphatic heterocycles. The van der Waals surface area contributed by atoms with Crippen molar-refractivity contribution < 1.29 is 4.74 Å². The van der Waals surface area contributed by atoms with Crippen LogP contribution in [-0.4, -0.2) is 38.2 Å². The number of fused-ring (bicyclic) bond motifs is 1. The molecular weight excluding hydrogens is 328 g/mol. The maximum Gasteiger partial charge on any atom is 0.253 e. The zero-order valence-corrected chi connectivity index (χ0v) is 15.3. The summed E-state index contributed by atoms with van der Waals surface area (Å²) >= 11 is 0. The number of aryl methyl sites for hydroxylation is 1. The number of aromatic nitrogens is 3. The number of ether oxygens (including phenoxy) is 1. The van der Waals surface area contributed by atoms with E-state index < -0.39 is 0 Å². The Morgan fingerprint density at radius 2 is 1.96 bits per heavy atom. The van der Waals surface area contributed by atoms with E-state index in [0.717, 1.165) is 37.5 Å². The molecule has 1 fully saturated rings. The highest BCUT2D eigenvalue weighted by molar-refractivity contribution is 5.86. The van der Waals surface area contributed by atoms with E-state index in [4.69, 9.17) is 4.74 Å². The van der Waals surface area contributed by atoms with Gasteiger partial charge in [0.1, 0.15) is 17.7 Å². The molecule has 26 heavy (non-hydrogen) atoms. The highest BCUT2D eigenvalue weighted by Gasteiger charge is 2.22. The molecule has 0 atom stereocenters. The van der Waals surface area contributed by atoms with Crippen molar-refractivity contribution in [3.8, 4) is 5.75 Å². The molecule has 0 bridgehead atoms. The number of piperidine rings is 1. The molecule has 0 unspecified atom stereocenters. The molecule has 0 spiro atoms. The normalized spacial score (nSPS) is 16.2. The van der Waals surface area contributed by atoms with Gasteiger partial charge in [0.25, 0.3) is 5.56 Å². The predicted octanol–water partition coefficient (Wildman–Crippen LogP) is 2.32. The smallest absolute Gasteiger partial charge is 0.253 e. The van der Waals surface area contributed by atoms with Gasteiger partial charge in [0, 0.05) is 51.0 Å². The molecule has 1 aliphatic rings. The minimum absolute atomic E-state index is 0.0100. The van der Waals surface area contributed by atoms with E-state index >= 15 is 0 Å². The lowest BCUT2D eigenvalue weighted by Crippen LogP contribution is -2.39. The van der Waals surface area contributed by atoms with Gasteiger partial charge in [-0.05, 0) is 31.0 Å². The fourth-order valence-electron chi connectivity index (χ4n) is 3.60. The molecule has 4 rings (SSSR count). The Hall–Kier alpha value is -2.60. The highest BCUT2D eigenvalue weighted by Crippen LogP contribution is 2.28. The van der Waals surface area contributed by atoms with Gasteiger partial charge >= 0.3 is 0 Å². The van der Waals surface area contributed by atoms with Crippen LogP contribution in [0.25, 0.3) is 10.9 Å². The Labute approximate surface area is 152 Å². The third-order valence-corrected chi connectivity index (χ3v) is 5.24. The van der Waals surface area contributed by atoms with Gasteiger partial charge in [-0.25, -0.2) is 4.98 Å². The Morgan fingerprint density at radius 3 is 2.77 bits per heavy atom. The van der Waals surface area contributed by atoms with E-state index in [1.165, 1.54) is 17.0 Å². The quantitative estimate of drug-likeness (QED) is 0.723. The lowest BCUT2D eigenvalue weighted by Gasteiger charge is -2.32. The summed E-state index contributed by atoms with van der Waals surface area (Å²) in [4.78, 5) is 18.4. The average Bonchev–Trinajstić information content (AvgIpc) is 3.03. The first-order valence-corrected chi connectivity index (χ1v) is 9.06. The molecule has 2 aromatic heterocycles. The predicted molar refractivity (Wildman–Crippen MR) is 101 cm³/mol. The van der Waals surface area contributed by atoms with Crippen LogP contribution < -0.4 is 10.3 Å². The van der Waals surface area contributed by atoms with E-state index in [2.05, 4.69) is 45.9 Å². The van der Waals surface area contributed by atoms with Crippen molar-refractivity contribution in [2.75, 3.05) is 13.1 Å². The lowest BCUT2D eigenvalue weighted by molar-refractivity contribution is 0.0958. The van der Waals surface area contributed by atoms with E-state index in [-0.39, 0.29) is 11.7 Å². The molecule has 6 heteroatoms. The van der Waals surface area contributed by atoms with Crippen molar-refractivity contribution in [1.29, 1.82) is 0 Å². The molecule has 0 saturated carbocycles. The molecule has 1 aromatic carbocycles. The van der Waals surface area contributed by atoms with Gasteiger partial charge in [-0.1, -0.05) is 6.07 Å². The number of rotatable bonds is 4. The molecular formula is C20H24N4O2. The number of benzene rings is 1. The summed E-state index contributed by atoms with van der Waals surface area (Å²) in [6.07, 6.45) is 5.84. The van der Waals surface area contributed by atoms with Gasteiger partial charge in [0.05, 0.1) is 12.1 Å². The van der Waals surface area contributed by atoms with Crippen molar-refractivity contribution >= 4 is 10.9 Å². The maximum atomic E-state index is 11.7. The summed E-state index contributed by atoms with van der Waals surface area (Å²) in [6.45, 7) is 2.59. The van der Waals surface area contributed by atoms with Crippen LogP contribution in [-0.2, 0) is 20.6 Å². The van der Waals surface area contributed by atoms with E-state index in [9.17, 15) is 4.79 Å². The monoisotopic (exact) mass is 352 g/mol. The maximum absolute atomic E-state index is 11.7. The Balaban J connectivity index is 1.39. The Bertz CT molecular complexity index is 967. The summed E-state index contributed by atoms with van der Waals surface area (Å²) in [7, 11) is 3.83. The van der Waals surface area contributed by atoms with Gasteiger partial charge in [-0.3, -0.25) is 14.3 Å². The molecule has 1 saturated heterocycles. The summed E-state index contributed by atoms with van der Waals surface area (Å²) < 4.78 is 10.0. The summed E-state index contributed by atoms with van der Waals surface area (Å²) in [5.41, 5.74) is 1.18. The minimum atomic E-state index is -0.0100. The van der Waals surface area contributed by atoms with Crippen LogP contribution in [0.5, 0.6) is 5.75 Å². The molecule has 6 nitrogen and oxygen atoms in total. The molecule has 3 aromatic rings. The first kappa shape index (κ1) is 16.8. The largest absolute Gasteiger partial charge is 0.490 e. The van der Waals surface area contributed by atoms with E-state index in [1.807, 2.05) is 6.07 Å². The van der Waals surface area contributed by atoms with Crippen molar-refractivity contribution in [3.05, 3.63) is 58.9 Å². The van der Waals surface area contributed by atoms with Crippen molar-refractivity contribution in [3.63, 3.8) is 0 Å². The molecule has 136 valence electrons. The van der Waals surface area contributed by atoms with Gasteiger partial charge in [-0.2, -0.15) is 0 Å². The van der Waals surface area contributed by atoms with Gasteiger partial charge in [0.2, 0.25) is 0 Å². The number of hydrogen-bond acceptors (Lipinski definition) is 4. The standard InChI is InChI=1S/C20H24N4O2/c1-22-11-9-16-17(22)4-3-5-18(16)26-15-7-12-24(13-8-15)14-19-21-10-6-20(25)23(19)2/h3-6,9-11,15H,7-8,12-14H2,1-2H3. The number of likely N-dealkylation sites (tertiary alicyclic amines) is 1. The second-order valence-electron chi connectivity index (χ2n) is 6.97. The van der Waals surface area contributed by atoms with Gasteiger partial charge in [-0.15, -0.1) is 0 Å². The lowest BCUT2D eigenvalue weighted by atomic mass is 10.1. The summed E-state index contributed by atoms with van der Waals surface area (Å²) in [5, 5.41) is 1.17. The second kappa shape index (κ2) is 6.96. The zero-order valence-electron chi connectivity index (χ0n) is 15.3. The molecule has 0 radical (unpaired) electrons. The Morgan fingerprint density at radius 1 is 1.15 bits per heavy atom. The molecule has 3 heterocycles. The first-order chi connectivity index (χ1) is 12.6. The van der Waals surface area contributed by atoms with Crippen LogP contribution in [0.15, 0.2) is 47.5 Å². The number of nitrogens with zero attached hydrogens (tertiary/aromatic N) is 4. The fraction of sp³-hybridized carbons (Fsp3) is 0.400. The average molecular weight is 352 g/mol. The summed E-state index contributed by atoms with van der Waals surface area (Å²) in [6, 6.07) is 9.82. The minimum Gasteiger partial charge on any atom is -0.490 e. The van der Waals surface area contributed by atoms with E-state index in [0.29, 0.717) is 6.54 Å². The summed E-state index contributed by atoms with van der Waals surface area (Å²) in [5.74, 6) is 1.78. The molecule has 0 aliphatic carbocycles. The van der Waals surface area contributed by atoms with Crippen LogP contribution in [0.3, 0.4) is 0 Å². The number of hydrogen-bond donors (Lipinski definition) is 0. The topological polar surface area (TPSA) is 52.3 Å². The van der Waals surface area contributed by atoms with Crippen LogP contribution in [0, 0.1) is 0 Å². The van der Waals surface area contributed by atoms with E-state index in [1.54, 1.807) is 17.8 Å². The Kier molecular flexibility index (Phi) is 4.51. The van der Waals surface area contributed by atoms with Crippen LogP contribution in [0.1, 0.15) is 18.7 Å². The molecule has 0 N–H and O–H groups in total. The van der Waals surface area contributed by atoms with Crippen molar-refractivity contribution in [2.45, 2.75) is 25.5 Å². The van der Waals surface area contributed by atoms with Gasteiger partial charge < -0.3 is 9.30 Å². The molecule has 0 amide bonds. The zero-order chi connectivity index (χ0) is 18.1. The van der Waals surface area contributed by atoms with Crippen LogP contribution in [0.4, 0.5) is 0 Å². The SMILES string of the molecule is Cn1c(CN2CCC(Oc3cccc4c3ccn4C)CC2)nccc1=O. The first-order valence-electron chi connectivity index (χ1n) is 9.06.